The molecule has 0 rings (SSSR count). The molecule has 0 aromatic heterocycles. The average molecular weight is 256 g/mol. The van der Waals surface area contributed by atoms with E-state index in [1.165, 1.54) is 13.1 Å². The van der Waals surface area contributed by atoms with Gasteiger partial charge in [0.2, 0.25) is 23.0 Å². The molecule has 0 heterocycles. The van der Waals surface area contributed by atoms with Crippen molar-refractivity contribution >= 4 is 35.0 Å². The molecule has 4 nitrogen and oxygen atoms in total. The van der Waals surface area contributed by atoms with Crippen LogP contribution in [0.25, 0.3) is 0 Å². The van der Waals surface area contributed by atoms with Gasteiger partial charge in [-0.1, -0.05) is 5.16 Å². The van der Waals surface area contributed by atoms with Crippen molar-refractivity contribution < 1.29 is 7.96 Å². The average Bonchev–Trinajstić information content (AvgIpc) is 1.89. The first-order valence-corrected chi connectivity index (χ1v) is 3.59. The fourth-order valence-corrected chi connectivity index (χ4v) is 0.598. The van der Waals surface area contributed by atoms with Gasteiger partial charge in [-0.15, -0.1) is 0 Å². The van der Waals surface area contributed by atoms with Crippen LogP contribution in [-0.4, -0.2) is 25.1 Å². The first-order valence-electron chi connectivity index (χ1n) is 2.71. The lowest BCUT2D eigenvalue weighted by molar-refractivity contribution is -0.117. The molecule has 1 atom stereocenters. The third kappa shape index (κ3) is 3.78. The van der Waals surface area contributed by atoms with Crippen LogP contribution in [0.3, 0.4) is 0 Å². The van der Waals surface area contributed by atoms with Crippen LogP contribution in [0.5, 0.6) is 0 Å². The quantitative estimate of drug-likeness (QED) is 0.453. The SMILES string of the molecule is CNC(/C=N/OI)C(C)=O. The third-order valence-corrected chi connectivity index (χ3v) is 1.23. The van der Waals surface area contributed by atoms with Gasteiger partial charge in [-0.2, -0.15) is 0 Å². The molecule has 0 fully saturated rings. The normalized spacial score (nSPS) is 13.5. The second-order valence-corrected chi connectivity index (χ2v) is 2.09. The molecule has 0 bridgehead atoms. The number of rotatable bonds is 4. The van der Waals surface area contributed by atoms with Crippen molar-refractivity contribution in [3.8, 4) is 0 Å². The van der Waals surface area contributed by atoms with E-state index < -0.39 is 0 Å². The lowest BCUT2D eigenvalue weighted by atomic mass is 10.2. The molecular weight excluding hydrogens is 247 g/mol. The number of halogens is 1. The van der Waals surface area contributed by atoms with E-state index in [0.717, 1.165) is 0 Å². The molecule has 0 radical (unpaired) electrons. The Labute approximate surface area is 73.7 Å². The van der Waals surface area contributed by atoms with Gasteiger partial charge in [0.15, 0.2) is 5.78 Å². The van der Waals surface area contributed by atoms with Gasteiger partial charge in [-0.3, -0.25) is 4.79 Å². The van der Waals surface area contributed by atoms with Crippen molar-refractivity contribution in [2.45, 2.75) is 13.0 Å². The van der Waals surface area contributed by atoms with Gasteiger partial charge < -0.3 is 8.48 Å². The van der Waals surface area contributed by atoms with E-state index in [4.69, 9.17) is 0 Å². The smallest absolute Gasteiger partial charge is 0.230 e. The van der Waals surface area contributed by atoms with Crippen LogP contribution in [0.15, 0.2) is 5.16 Å². The van der Waals surface area contributed by atoms with Crippen LogP contribution in [0.1, 0.15) is 6.92 Å². The van der Waals surface area contributed by atoms with Crippen LogP contribution < -0.4 is 5.32 Å². The molecule has 0 aliphatic heterocycles. The zero-order valence-corrected chi connectivity index (χ0v) is 7.95. The van der Waals surface area contributed by atoms with Crippen molar-refractivity contribution in [1.82, 2.24) is 5.32 Å². The number of Topliss-reactive ketones (excluding diaryl/α,β-unsaturated/α-hetero) is 1. The summed E-state index contributed by atoms with van der Waals surface area (Å²) >= 11 is 1.62. The van der Waals surface area contributed by atoms with E-state index in [2.05, 4.69) is 13.6 Å². The summed E-state index contributed by atoms with van der Waals surface area (Å²) in [5.74, 6) is 0.0136. The second kappa shape index (κ2) is 5.60. The Balaban J connectivity index is 3.83. The highest BCUT2D eigenvalue weighted by molar-refractivity contribution is 14.1. The van der Waals surface area contributed by atoms with Gasteiger partial charge in [-0.05, 0) is 14.0 Å². The highest BCUT2D eigenvalue weighted by atomic mass is 127. The summed E-state index contributed by atoms with van der Waals surface area (Å²) in [5, 5.41) is 6.20. The standard InChI is InChI=1S/C5H9IN2O2/c1-4(9)5(7-2)3-8-10-6/h3,5,7H,1-2H3/b8-3+. The maximum atomic E-state index is 10.7. The van der Waals surface area contributed by atoms with Gasteiger partial charge in [0.05, 0.1) is 6.21 Å². The minimum atomic E-state index is -0.338. The second-order valence-electron chi connectivity index (χ2n) is 1.70. The van der Waals surface area contributed by atoms with Gasteiger partial charge >= 0.3 is 0 Å². The molecule has 0 aromatic carbocycles. The highest BCUT2D eigenvalue weighted by Gasteiger charge is 2.06. The summed E-state index contributed by atoms with van der Waals surface area (Å²) in [4.78, 5) is 10.7. The predicted octanol–water partition coefficient (Wildman–Crippen LogP) is 0.516. The monoisotopic (exact) mass is 256 g/mol. The molecule has 1 N–H and O–H groups in total. The van der Waals surface area contributed by atoms with Crippen LogP contribution in [-0.2, 0) is 7.96 Å². The number of nitrogens with zero attached hydrogens (tertiary/aromatic N) is 1. The van der Waals surface area contributed by atoms with Crippen LogP contribution in [0.2, 0.25) is 0 Å². The number of nitrogens with one attached hydrogen (secondary N) is 1. The summed E-state index contributed by atoms with van der Waals surface area (Å²) in [5.41, 5.74) is 0. The number of hydrogen-bond donors (Lipinski definition) is 1. The molecule has 58 valence electrons. The molecule has 0 aromatic rings. The zero-order chi connectivity index (χ0) is 7.98. The molecule has 0 aliphatic carbocycles. The fraction of sp³-hybridized carbons (Fsp3) is 0.600. The van der Waals surface area contributed by atoms with Crippen molar-refractivity contribution in [2.75, 3.05) is 7.05 Å². The number of carbonyl (C=O) groups is 1. The maximum absolute atomic E-state index is 10.7. The first-order chi connectivity index (χ1) is 4.72. The predicted molar refractivity (Wildman–Crippen MR) is 47.1 cm³/mol. The van der Waals surface area contributed by atoms with E-state index in [1.54, 1.807) is 30.1 Å². The minimum absolute atomic E-state index is 0.0136. The Bertz CT molecular complexity index is 138. The molecule has 0 saturated carbocycles. The van der Waals surface area contributed by atoms with Gasteiger partial charge in [-0.25, -0.2) is 0 Å². The molecule has 0 spiro atoms. The Morgan fingerprint density at radius 1 is 1.90 bits per heavy atom. The third-order valence-electron chi connectivity index (χ3n) is 0.999. The molecule has 0 aliphatic rings. The number of hydrogen-bond acceptors (Lipinski definition) is 4. The summed E-state index contributed by atoms with van der Waals surface area (Å²) < 4.78 is 4.37. The largest absolute Gasteiger partial charge is 0.327 e. The zero-order valence-electron chi connectivity index (χ0n) is 5.80. The highest BCUT2D eigenvalue weighted by Crippen LogP contribution is 1.86. The Morgan fingerprint density at radius 3 is 2.80 bits per heavy atom. The number of ketones is 1. The Hall–Kier alpha value is -0.170. The van der Waals surface area contributed by atoms with E-state index in [0.29, 0.717) is 0 Å². The fourth-order valence-electron chi connectivity index (χ4n) is 0.467. The summed E-state index contributed by atoms with van der Waals surface area (Å²) in [6.07, 6.45) is 1.41. The molecule has 5 heteroatoms. The number of carbonyl (C=O) groups excluding carboxylic acids is 1. The van der Waals surface area contributed by atoms with Crippen LogP contribution in [0.4, 0.5) is 0 Å². The lowest BCUT2D eigenvalue weighted by Gasteiger charge is -2.03. The van der Waals surface area contributed by atoms with Gasteiger partial charge in [0.25, 0.3) is 0 Å². The minimum Gasteiger partial charge on any atom is -0.327 e. The van der Waals surface area contributed by atoms with Crippen molar-refractivity contribution in [1.29, 1.82) is 0 Å². The van der Waals surface area contributed by atoms with Crippen LogP contribution in [0, 0.1) is 0 Å². The molecule has 1 unspecified atom stereocenters. The number of likely N-dealkylation sites (N-methyl/N-ethyl adjacent to an activating group) is 1. The maximum Gasteiger partial charge on any atom is 0.230 e. The summed E-state index contributed by atoms with van der Waals surface area (Å²) in [6.45, 7) is 1.49. The molecule has 10 heavy (non-hydrogen) atoms. The first kappa shape index (κ1) is 9.83. The van der Waals surface area contributed by atoms with Crippen LogP contribution >= 0.6 is 23.0 Å². The Kier molecular flexibility index (Phi) is 5.51. The van der Waals surface area contributed by atoms with Crippen molar-refractivity contribution in [2.24, 2.45) is 5.16 Å². The summed E-state index contributed by atoms with van der Waals surface area (Å²) in [6, 6.07) is -0.338. The number of oxime groups is 1. The summed E-state index contributed by atoms with van der Waals surface area (Å²) in [7, 11) is 1.69. The Morgan fingerprint density at radius 2 is 2.50 bits per heavy atom. The van der Waals surface area contributed by atoms with Crippen molar-refractivity contribution in [3.05, 3.63) is 0 Å². The van der Waals surface area contributed by atoms with E-state index in [1.807, 2.05) is 0 Å². The van der Waals surface area contributed by atoms with Gasteiger partial charge in [0.1, 0.15) is 6.04 Å². The van der Waals surface area contributed by atoms with E-state index >= 15 is 0 Å². The molecule has 0 saturated heterocycles. The lowest BCUT2D eigenvalue weighted by Crippen LogP contribution is -2.33. The van der Waals surface area contributed by atoms with Gasteiger partial charge in [0, 0.05) is 0 Å². The molecular formula is C5H9IN2O2. The topological polar surface area (TPSA) is 50.7 Å². The van der Waals surface area contributed by atoms with Crippen molar-refractivity contribution in [3.63, 3.8) is 0 Å². The molecule has 0 amide bonds. The van der Waals surface area contributed by atoms with E-state index in [-0.39, 0.29) is 11.8 Å². The van der Waals surface area contributed by atoms with E-state index in [9.17, 15) is 4.79 Å².